The predicted molar refractivity (Wildman–Crippen MR) is 92.3 cm³/mol. The van der Waals surface area contributed by atoms with Gasteiger partial charge in [0.15, 0.2) is 0 Å². The summed E-state index contributed by atoms with van der Waals surface area (Å²) in [7, 11) is 0. The van der Waals surface area contributed by atoms with Gasteiger partial charge in [-0.25, -0.2) is 9.88 Å². The van der Waals surface area contributed by atoms with Crippen LogP contribution in [0.1, 0.15) is 27.2 Å². The number of benzene rings is 1. The molecule has 2 amide bonds. The monoisotopic (exact) mass is 339 g/mol. The first-order valence-corrected chi connectivity index (χ1v) is 8.22. The van der Waals surface area contributed by atoms with E-state index in [-0.39, 0.29) is 37.2 Å². The highest BCUT2D eigenvalue weighted by Crippen LogP contribution is 2.55. The number of hydrogen-bond acceptors (Lipinski definition) is 4. The van der Waals surface area contributed by atoms with Crippen molar-refractivity contribution in [2.24, 2.45) is 11.8 Å². The summed E-state index contributed by atoms with van der Waals surface area (Å²) in [5, 5.41) is 0. The SMILES string of the molecule is C.CC12CCC(O1)[C@H]1C(=O)N(c3ccc(-n4ccnc4)cc3)C(=O)C12. The zero-order chi connectivity index (χ0) is 16.5. The molecule has 0 radical (unpaired) electrons. The Morgan fingerprint density at radius 2 is 1.88 bits per heavy atom. The first-order chi connectivity index (χ1) is 11.6. The first kappa shape index (κ1) is 16.0. The fourth-order valence-corrected chi connectivity index (χ4v) is 4.52. The molecule has 2 bridgehead atoms. The summed E-state index contributed by atoms with van der Waals surface area (Å²) in [5.41, 5.74) is 1.09. The summed E-state index contributed by atoms with van der Waals surface area (Å²) < 4.78 is 7.82. The molecule has 130 valence electrons. The van der Waals surface area contributed by atoms with Crippen molar-refractivity contribution < 1.29 is 14.3 Å². The van der Waals surface area contributed by atoms with Crippen molar-refractivity contribution in [2.75, 3.05) is 4.90 Å². The highest BCUT2D eigenvalue weighted by Gasteiger charge is 2.67. The van der Waals surface area contributed by atoms with E-state index in [2.05, 4.69) is 4.98 Å². The Morgan fingerprint density at radius 3 is 2.52 bits per heavy atom. The lowest BCUT2D eigenvalue weighted by Crippen LogP contribution is -2.39. The van der Waals surface area contributed by atoms with Gasteiger partial charge in [0.05, 0.1) is 35.6 Å². The molecule has 3 fully saturated rings. The minimum Gasteiger partial charge on any atom is -0.370 e. The van der Waals surface area contributed by atoms with Crippen LogP contribution in [0, 0.1) is 11.8 Å². The van der Waals surface area contributed by atoms with Gasteiger partial charge in [0.2, 0.25) is 11.8 Å². The van der Waals surface area contributed by atoms with Crippen molar-refractivity contribution in [2.45, 2.75) is 38.9 Å². The summed E-state index contributed by atoms with van der Waals surface area (Å²) in [4.78, 5) is 31.1. The normalized spacial score (nSPS) is 32.8. The van der Waals surface area contributed by atoms with Crippen LogP contribution in [0.25, 0.3) is 5.69 Å². The minimum absolute atomic E-state index is 0. The summed E-state index contributed by atoms with van der Waals surface area (Å²) in [6.45, 7) is 1.97. The van der Waals surface area contributed by atoms with Crippen molar-refractivity contribution in [1.82, 2.24) is 9.55 Å². The fourth-order valence-electron chi connectivity index (χ4n) is 4.52. The van der Waals surface area contributed by atoms with E-state index in [9.17, 15) is 9.59 Å². The van der Waals surface area contributed by atoms with Crippen molar-refractivity contribution in [1.29, 1.82) is 0 Å². The number of rotatable bonds is 2. The first-order valence-electron chi connectivity index (χ1n) is 8.22. The Morgan fingerprint density at radius 1 is 1.16 bits per heavy atom. The zero-order valence-corrected chi connectivity index (χ0v) is 13.3. The number of nitrogens with zero attached hydrogens (tertiary/aromatic N) is 3. The summed E-state index contributed by atoms with van der Waals surface area (Å²) in [5.74, 6) is -0.888. The Kier molecular flexibility index (Phi) is 3.37. The number of imidazole rings is 1. The third-order valence-electron chi connectivity index (χ3n) is 5.67. The molecule has 5 rings (SSSR count). The molecule has 6 nitrogen and oxygen atoms in total. The number of ether oxygens (including phenoxy) is 1. The second-order valence-electron chi connectivity index (χ2n) is 7.01. The zero-order valence-electron chi connectivity index (χ0n) is 13.3. The van der Waals surface area contributed by atoms with E-state index in [0.717, 1.165) is 18.5 Å². The van der Waals surface area contributed by atoms with Crippen molar-refractivity contribution in [3.05, 3.63) is 43.0 Å². The predicted octanol–water partition coefficient (Wildman–Crippen LogP) is 2.57. The third-order valence-corrected chi connectivity index (χ3v) is 5.67. The van der Waals surface area contributed by atoms with E-state index in [4.69, 9.17) is 4.74 Å². The van der Waals surface area contributed by atoms with Crippen LogP contribution in [-0.4, -0.2) is 33.1 Å². The molecule has 1 aromatic heterocycles. The molecule has 0 spiro atoms. The van der Waals surface area contributed by atoms with Gasteiger partial charge in [-0.3, -0.25) is 9.59 Å². The highest BCUT2D eigenvalue weighted by molar-refractivity contribution is 6.23. The van der Waals surface area contributed by atoms with Gasteiger partial charge in [-0.15, -0.1) is 0 Å². The second kappa shape index (κ2) is 5.26. The molecule has 2 aromatic rings. The van der Waals surface area contributed by atoms with E-state index in [1.165, 1.54) is 4.90 Å². The molecule has 1 aromatic carbocycles. The van der Waals surface area contributed by atoms with Gasteiger partial charge in [0.25, 0.3) is 0 Å². The van der Waals surface area contributed by atoms with E-state index in [1.807, 2.05) is 42.0 Å². The maximum Gasteiger partial charge on any atom is 0.240 e. The number of fused-ring (bicyclic) bond motifs is 5. The van der Waals surface area contributed by atoms with Gasteiger partial charge in [-0.05, 0) is 44.0 Å². The molecule has 3 aliphatic heterocycles. The molecule has 6 heteroatoms. The Balaban J connectivity index is 0.00000157. The largest absolute Gasteiger partial charge is 0.370 e. The van der Waals surface area contributed by atoms with Crippen LogP contribution in [0.5, 0.6) is 0 Å². The number of hydrogen-bond donors (Lipinski definition) is 0. The van der Waals surface area contributed by atoms with Crippen LogP contribution >= 0.6 is 0 Å². The molecule has 4 atom stereocenters. The molecule has 25 heavy (non-hydrogen) atoms. The second-order valence-corrected chi connectivity index (χ2v) is 7.01. The van der Waals surface area contributed by atoms with Crippen LogP contribution in [0.3, 0.4) is 0 Å². The van der Waals surface area contributed by atoms with Gasteiger partial charge in [0.1, 0.15) is 0 Å². The number of amides is 2. The smallest absolute Gasteiger partial charge is 0.240 e. The molecule has 3 unspecified atom stereocenters. The maximum absolute atomic E-state index is 12.9. The van der Waals surface area contributed by atoms with E-state index in [1.54, 1.807) is 12.5 Å². The van der Waals surface area contributed by atoms with E-state index < -0.39 is 5.60 Å². The quantitative estimate of drug-likeness (QED) is 0.789. The molecular formula is C19H21N3O3. The van der Waals surface area contributed by atoms with Gasteiger partial charge in [-0.2, -0.15) is 0 Å². The van der Waals surface area contributed by atoms with Crippen molar-refractivity contribution in [3.63, 3.8) is 0 Å². The minimum atomic E-state index is -0.479. The topological polar surface area (TPSA) is 64.4 Å². The average molecular weight is 339 g/mol. The Labute approximate surface area is 146 Å². The van der Waals surface area contributed by atoms with Gasteiger partial charge >= 0.3 is 0 Å². The lowest BCUT2D eigenvalue weighted by atomic mass is 9.74. The van der Waals surface area contributed by atoms with Gasteiger partial charge in [-0.1, -0.05) is 7.43 Å². The van der Waals surface area contributed by atoms with Crippen LogP contribution in [0.4, 0.5) is 5.69 Å². The molecule has 0 saturated carbocycles. The number of anilines is 1. The molecule has 0 aliphatic carbocycles. The number of imide groups is 1. The van der Waals surface area contributed by atoms with Crippen LogP contribution < -0.4 is 4.90 Å². The number of aromatic nitrogens is 2. The Bertz CT molecular complexity index is 830. The maximum atomic E-state index is 12.9. The summed E-state index contributed by atoms with van der Waals surface area (Å²) in [6, 6.07) is 7.41. The number of carbonyl (C=O) groups excluding carboxylic acids is 2. The van der Waals surface area contributed by atoms with Crippen LogP contribution in [-0.2, 0) is 14.3 Å². The molecule has 0 N–H and O–H groups in total. The average Bonchev–Trinajstić information content (AvgIpc) is 3.31. The van der Waals surface area contributed by atoms with E-state index >= 15 is 0 Å². The van der Waals surface area contributed by atoms with Crippen molar-refractivity contribution in [3.8, 4) is 5.69 Å². The summed E-state index contributed by atoms with van der Waals surface area (Å²) in [6.07, 6.45) is 6.88. The van der Waals surface area contributed by atoms with Gasteiger partial charge < -0.3 is 9.30 Å². The lowest BCUT2D eigenvalue weighted by Gasteiger charge is -2.26. The molecule has 4 heterocycles. The van der Waals surface area contributed by atoms with Crippen molar-refractivity contribution >= 4 is 17.5 Å². The fraction of sp³-hybridized carbons (Fsp3) is 0.421. The number of carbonyl (C=O) groups is 2. The van der Waals surface area contributed by atoms with Crippen LogP contribution in [0.2, 0.25) is 0 Å². The molecule has 3 aliphatic rings. The molecular weight excluding hydrogens is 318 g/mol. The summed E-state index contributed by atoms with van der Waals surface area (Å²) >= 11 is 0. The Hall–Kier alpha value is -2.47. The molecule has 3 saturated heterocycles. The highest BCUT2D eigenvalue weighted by atomic mass is 16.5. The third kappa shape index (κ3) is 2.03. The standard InChI is InChI=1S/C18H17N3O3.CH4/c1-18-7-6-13(24-18)14-15(18)17(23)21(16(14)22)12-4-2-11(3-5-12)20-9-8-19-10-20;/h2-5,8-10,13-15H,6-7H2,1H3;1H4/t13?,14-,15?,18?;/m1./s1. The van der Waals surface area contributed by atoms with Gasteiger partial charge in [0, 0.05) is 18.1 Å². The van der Waals surface area contributed by atoms with Crippen LogP contribution in [0.15, 0.2) is 43.0 Å². The van der Waals surface area contributed by atoms with E-state index in [0.29, 0.717) is 5.69 Å². The lowest BCUT2D eigenvalue weighted by molar-refractivity contribution is -0.126.